The van der Waals surface area contributed by atoms with E-state index in [2.05, 4.69) is 58.1 Å². The molecule has 2 nitrogen and oxygen atoms in total. The Morgan fingerprint density at radius 2 is 1.58 bits per heavy atom. The Bertz CT molecular complexity index is 693. The first-order valence-electron chi connectivity index (χ1n) is 8.84. The highest BCUT2D eigenvalue weighted by Gasteiger charge is 2.14. The van der Waals surface area contributed by atoms with Gasteiger partial charge in [0.05, 0.1) is 0 Å². The van der Waals surface area contributed by atoms with Crippen LogP contribution in [0.2, 0.25) is 0 Å². The van der Waals surface area contributed by atoms with Gasteiger partial charge in [-0.15, -0.1) is 0 Å². The summed E-state index contributed by atoms with van der Waals surface area (Å²) < 4.78 is 0. The number of rotatable bonds is 5. The van der Waals surface area contributed by atoms with Gasteiger partial charge < -0.3 is 5.32 Å². The minimum atomic E-state index is -0.0144. The molecule has 0 saturated carbocycles. The molecule has 2 aromatic carbocycles. The van der Waals surface area contributed by atoms with Gasteiger partial charge in [-0.1, -0.05) is 65.0 Å². The summed E-state index contributed by atoms with van der Waals surface area (Å²) in [4.78, 5) is 12.4. The summed E-state index contributed by atoms with van der Waals surface area (Å²) in [7, 11) is 0. The van der Waals surface area contributed by atoms with Crippen LogP contribution in [-0.2, 0) is 24.8 Å². The van der Waals surface area contributed by atoms with Crippen molar-refractivity contribution in [2.75, 3.05) is 0 Å². The van der Waals surface area contributed by atoms with E-state index in [-0.39, 0.29) is 11.3 Å². The van der Waals surface area contributed by atoms with Gasteiger partial charge in [0.1, 0.15) is 0 Å². The Labute approximate surface area is 146 Å². The van der Waals surface area contributed by atoms with Crippen LogP contribution in [0.3, 0.4) is 0 Å². The molecule has 2 rings (SSSR count). The van der Waals surface area contributed by atoms with Crippen molar-refractivity contribution >= 4 is 5.91 Å². The van der Waals surface area contributed by atoms with Crippen molar-refractivity contribution in [1.82, 2.24) is 5.32 Å². The van der Waals surface area contributed by atoms with Crippen LogP contribution in [0.1, 0.15) is 67.2 Å². The third kappa shape index (κ3) is 4.47. The predicted octanol–water partition coefficient (Wildman–Crippen LogP) is 5.04. The molecular formula is C22H29NO. The molecular weight excluding hydrogens is 294 g/mol. The van der Waals surface area contributed by atoms with Gasteiger partial charge in [0.25, 0.3) is 5.91 Å². The highest BCUT2D eigenvalue weighted by atomic mass is 16.1. The van der Waals surface area contributed by atoms with Crippen molar-refractivity contribution in [3.05, 3.63) is 70.3 Å². The second kappa shape index (κ2) is 7.65. The molecule has 0 saturated heterocycles. The normalized spacial score (nSPS) is 11.4. The minimum absolute atomic E-state index is 0.0144. The smallest absolute Gasteiger partial charge is 0.251 e. The number of aryl methyl sites for hydroxylation is 2. The predicted molar refractivity (Wildman–Crippen MR) is 102 cm³/mol. The molecule has 1 amide bonds. The van der Waals surface area contributed by atoms with Crippen LogP contribution < -0.4 is 5.32 Å². The molecule has 0 aromatic heterocycles. The molecule has 2 heteroatoms. The van der Waals surface area contributed by atoms with E-state index in [0.717, 1.165) is 12.8 Å². The van der Waals surface area contributed by atoms with Crippen molar-refractivity contribution in [3.63, 3.8) is 0 Å². The summed E-state index contributed by atoms with van der Waals surface area (Å²) in [6.45, 7) is 11.4. The molecule has 0 fully saturated rings. The zero-order valence-corrected chi connectivity index (χ0v) is 15.6. The van der Waals surface area contributed by atoms with Gasteiger partial charge in [0, 0.05) is 12.1 Å². The Morgan fingerprint density at radius 1 is 0.917 bits per heavy atom. The summed E-state index contributed by atoms with van der Waals surface area (Å²) in [5.74, 6) is -0.0144. The highest BCUT2D eigenvalue weighted by Crippen LogP contribution is 2.22. The average molecular weight is 323 g/mol. The Kier molecular flexibility index (Phi) is 5.82. The Hall–Kier alpha value is -2.09. The largest absolute Gasteiger partial charge is 0.348 e. The Morgan fingerprint density at radius 3 is 2.12 bits per heavy atom. The van der Waals surface area contributed by atoms with Gasteiger partial charge in [0.15, 0.2) is 0 Å². The van der Waals surface area contributed by atoms with Gasteiger partial charge in [0.2, 0.25) is 0 Å². The monoisotopic (exact) mass is 323 g/mol. The standard InChI is InChI=1S/C22H29NO/c1-6-16-8-9-17(7-2)19(14-16)15-23-21(24)18-10-12-20(13-11-18)22(3,4)5/h8-14H,6-7,15H2,1-5H3,(H,23,24). The second-order valence-corrected chi connectivity index (χ2v) is 7.32. The zero-order valence-electron chi connectivity index (χ0n) is 15.6. The van der Waals surface area contributed by atoms with Crippen molar-refractivity contribution in [3.8, 4) is 0 Å². The summed E-state index contributed by atoms with van der Waals surface area (Å²) in [6.07, 6.45) is 1.99. The van der Waals surface area contributed by atoms with Crippen LogP contribution in [0, 0.1) is 0 Å². The maximum Gasteiger partial charge on any atom is 0.251 e. The molecule has 0 radical (unpaired) electrons. The van der Waals surface area contributed by atoms with Crippen molar-refractivity contribution in [2.45, 2.75) is 59.4 Å². The molecule has 0 aliphatic carbocycles. The van der Waals surface area contributed by atoms with E-state index in [1.54, 1.807) is 0 Å². The number of benzene rings is 2. The van der Waals surface area contributed by atoms with E-state index in [4.69, 9.17) is 0 Å². The van der Waals surface area contributed by atoms with Crippen LogP contribution in [0.15, 0.2) is 42.5 Å². The number of carbonyl (C=O) groups excluding carboxylic acids is 1. The van der Waals surface area contributed by atoms with Crippen molar-refractivity contribution < 1.29 is 4.79 Å². The number of carbonyl (C=O) groups is 1. The molecule has 0 unspecified atom stereocenters. The average Bonchev–Trinajstić information content (AvgIpc) is 2.58. The topological polar surface area (TPSA) is 29.1 Å². The zero-order chi connectivity index (χ0) is 17.7. The second-order valence-electron chi connectivity index (χ2n) is 7.32. The summed E-state index contributed by atoms with van der Waals surface area (Å²) in [5, 5.41) is 3.06. The lowest BCUT2D eigenvalue weighted by molar-refractivity contribution is 0.0951. The third-order valence-corrected chi connectivity index (χ3v) is 4.51. The molecule has 0 aliphatic rings. The lowest BCUT2D eigenvalue weighted by Gasteiger charge is -2.19. The highest BCUT2D eigenvalue weighted by molar-refractivity contribution is 5.94. The van der Waals surface area contributed by atoms with E-state index in [0.29, 0.717) is 12.1 Å². The third-order valence-electron chi connectivity index (χ3n) is 4.51. The van der Waals surface area contributed by atoms with Crippen LogP contribution in [0.4, 0.5) is 0 Å². The Balaban J connectivity index is 2.08. The fourth-order valence-electron chi connectivity index (χ4n) is 2.81. The first-order chi connectivity index (χ1) is 11.3. The lowest BCUT2D eigenvalue weighted by Crippen LogP contribution is -2.23. The fraction of sp³-hybridized carbons (Fsp3) is 0.409. The van der Waals surface area contributed by atoms with E-state index in [1.807, 2.05) is 24.3 Å². The molecule has 0 heterocycles. The molecule has 2 aromatic rings. The lowest BCUT2D eigenvalue weighted by atomic mass is 9.87. The molecule has 1 N–H and O–H groups in total. The van der Waals surface area contributed by atoms with E-state index in [9.17, 15) is 4.79 Å². The van der Waals surface area contributed by atoms with Crippen LogP contribution >= 0.6 is 0 Å². The van der Waals surface area contributed by atoms with Crippen LogP contribution in [-0.4, -0.2) is 5.91 Å². The quantitative estimate of drug-likeness (QED) is 0.820. The number of amides is 1. The summed E-state index contributed by atoms with van der Waals surface area (Å²) in [6, 6.07) is 14.5. The van der Waals surface area contributed by atoms with Crippen LogP contribution in [0.5, 0.6) is 0 Å². The molecule has 0 aliphatic heterocycles. The number of hydrogen-bond acceptors (Lipinski definition) is 1. The van der Waals surface area contributed by atoms with E-state index >= 15 is 0 Å². The van der Waals surface area contributed by atoms with Gasteiger partial charge in [-0.05, 0) is 52.6 Å². The van der Waals surface area contributed by atoms with E-state index in [1.165, 1.54) is 22.3 Å². The van der Waals surface area contributed by atoms with E-state index < -0.39 is 0 Å². The van der Waals surface area contributed by atoms with Gasteiger partial charge in [-0.3, -0.25) is 4.79 Å². The molecule has 0 atom stereocenters. The van der Waals surface area contributed by atoms with Gasteiger partial charge in [-0.2, -0.15) is 0 Å². The summed E-state index contributed by atoms with van der Waals surface area (Å²) in [5.41, 5.74) is 5.89. The summed E-state index contributed by atoms with van der Waals surface area (Å²) >= 11 is 0. The van der Waals surface area contributed by atoms with Crippen molar-refractivity contribution in [1.29, 1.82) is 0 Å². The molecule has 128 valence electrons. The van der Waals surface area contributed by atoms with Crippen molar-refractivity contribution in [2.24, 2.45) is 0 Å². The number of hydrogen-bond donors (Lipinski definition) is 1. The first-order valence-corrected chi connectivity index (χ1v) is 8.84. The van der Waals surface area contributed by atoms with Crippen LogP contribution in [0.25, 0.3) is 0 Å². The maximum atomic E-state index is 12.4. The van der Waals surface area contributed by atoms with Gasteiger partial charge in [-0.25, -0.2) is 0 Å². The molecule has 24 heavy (non-hydrogen) atoms. The first kappa shape index (κ1) is 18.3. The maximum absolute atomic E-state index is 12.4. The minimum Gasteiger partial charge on any atom is -0.348 e. The van der Waals surface area contributed by atoms with Gasteiger partial charge >= 0.3 is 0 Å². The molecule has 0 spiro atoms. The fourth-order valence-corrected chi connectivity index (χ4v) is 2.81. The SMILES string of the molecule is CCc1ccc(CC)c(CNC(=O)c2ccc(C(C)(C)C)cc2)c1. The molecule has 0 bridgehead atoms. The number of nitrogens with one attached hydrogen (secondary N) is 1.